The number of nitrogen functional groups attached to an aromatic ring is 1. The van der Waals surface area contributed by atoms with Crippen molar-refractivity contribution in [2.24, 2.45) is 0 Å². The fraction of sp³-hybridized carbons (Fsp3) is 0.111. The second kappa shape index (κ2) is 3.24. The minimum absolute atomic E-state index is 0.0286. The van der Waals surface area contributed by atoms with Crippen molar-refractivity contribution >= 4 is 33.9 Å². The monoisotopic (exact) mass is 233 g/mol. The molecule has 1 aromatic carbocycles. The number of nitrogens with two attached hydrogens (primary N) is 1. The van der Waals surface area contributed by atoms with E-state index in [0.717, 1.165) is 22.8 Å². The number of nitrogens with zero attached hydrogens (tertiary/aromatic N) is 4. The Morgan fingerprint density at radius 2 is 2.31 bits per heavy atom. The van der Waals surface area contributed by atoms with Gasteiger partial charge in [-0.3, -0.25) is 9.69 Å². The van der Waals surface area contributed by atoms with Crippen molar-refractivity contribution in [3.05, 3.63) is 23.8 Å². The number of hydrogen-bond acceptors (Lipinski definition) is 6. The largest absolute Gasteiger partial charge is 0.399 e. The molecule has 3 rings (SSSR count). The van der Waals surface area contributed by atoms with E-state index in [4.69, 9.17) is 5.73 Å². The lowest BCUT2D eigenvalue weighted by atomic mass is 10.1. The molecule has 1 aliphatic heterocycles. The Morgan fingerprint density at radius 3 is 3.06 bits per heavy atom. The lowest BCUT2D eigenvalue weighted by Gasteiger charge is -2.11. The summed E-state index contributed by atoms with van der Waals surface area (Å²) < 4.78 is 3.65. The van der Waals surface area contributed by atoms with Crippen LogP contribution < -0.4 is 10.6 Å². The second-order valence-corrected chi connectivity index (χ2v) is 4.15. The van der Waals surface area contributed by atoms with Crippen LogP contribution in [0.15, 0.2) is 18.2 Å². The third kappa shape index (κ3) is 1.25. The highest BCUT2D eigenvalue weighted by atomic mass is 32.1. The number of carbonyl (C=O) groups is 1. The van der Waals surface area contributed by atoms with Crippen molar-refractivity contribution in [1.29, 1.82) is 0 Å². The van der Waals surface area contributed by atoms with E-state index in [2.05, 4.69) is 14.8 Å². The summed E-state index contributed by atoms with van der Waals surface area (Å²) in [5.41, 5.74) is 8.06. The Kier molecular flexibility index (Phi) is 1.87. The van der Waals surface area contributed by atoms with Gasteiger partial charge in [0.05, 0.1) is 12.1 Å². The van der Waals surface area contributed by atoms with Crippen LogP contribution in [0.25, 0.3) is 0 Å². The molecular weight excluding hydrogens is 226 g/mol. The molecular formula is C9H7N5OS. The van der Waals surface area contributed by atoms with Crippen molar-refractivity contribution in [3.8, 4) is 0 Å². The van der Waals surface area contributed by atoms with E-state index >= 15 is 0 Å². The van der Waals surface area contributed by atoms with Gasteiger partial charge in [-0.15, -0.1) is 0 Å². The fourth-order valence-corrected chi connectivity index (χ4v) is 2.27. The topological polar surface area (TPSA) is 85.0 Å². The predicted octanol–water partition coefficient (Wildman–Crippen LogP) is 0.736. The molecule has 7 heteroatoms. The highest BCUT2D eigenvalue weighted by Crippen LogP contribution is 2.36. The third-order valence-corrected chi connectivity index (χ3v) is 3.00. The van der Waals surface area contributed by atoms with Crippen molar-refractivity contribution in [2.45, 2.75) is 6.42 Å². The maximum absolute atomic E-state index is 11.8. The molecule has 0 saturated heterocycles. The average molecular weight is 233 g/mol. The van der Waals surface area contributed by atoms with E-state index in [1.54, 1.807) is 6.07 Å². The van der Waals surface area contributed by atoms with Gasteiger partial charge >= 0.3 is 0 Å². The molecule has 6 nitrogen and oxygen atoms in total. The first kappa shape index (κ1) is 9.22. The van der Waals surface area contributed by atoms with Crippen LogP contribution in [0.3, 0.4) is 0 Å². The summed E-state index contributed by atoms with van der Waals surface area (Å²) in [5, 5.41) is 7.79. The average Bonchev–Trinajstić information content (AvgIpc) is 2.83. The molecule has 2 N–H and O–H groups in total. The Balaban J connectivity index is 2.13. The molecule has 16 heavy (non-hydrogen) atoms. The maximum atomic E-state index is 11.8. The first-order chi connectivity index (χ1) is 7.75. The van der Waals surface area contributed by atoms with Gasteiger partial charge in [0.25, 0.3) is 0 Å². The molecule has 0 fully saturated rings. The molecule has 0 atom stereocenters. The summed E-state index contributed by atoms with van der Waals surface area (Å²) in [6.07, 6.45) is 0.347. The number of rotatable bonds is 1. The highest BCUT2D eigenvalue weighted by molar-refractivity contribution is 7.09. The van der Waals surface area contributed by atoms with Gasteiger partial charge in [0.1, 0.15) is 0 Å². The van der Waals surface area contributed by atoms with Gasteiger partial charge in [-0.25, -0.2) is 0 Å². The standard InChI is InChI=1S/C9H7N5OS/c10-6-1-2-7-5(3-6)4-8(15)14(7)9-11-12-13-16-9/h1-3H,4,10H2. The molecule has 1 amide bonds. The Labute approximate surface area is 94.9 Å². The number of anilines is 3. The Bertz CT molecular complexity index is 553. The summed E-state index contributed by atoms with van der Waals surface area (Å²) in [7, 11) is 0. The number of hydrogen-bond donors (Lipinski definition) is 1. The van der Waals surface area contributed by atoms with E-state index in [-0.39, 0.29) is 5.91 Å². The molecule has 0 saturated carbocycles. The van der Waals surface area contributed by atoms with Crippen molar-refractivity contribution in [2.75, 3.05) is 10.6 Å². The summed E-state index contributed by atoms with van der Waals surface area (Å²) >= 11 is 1.09. The molecule has 0 aliphatic carbocycles. The van der Waals surface area contributed by atoms with Gasteiger partial charge in [-0.1, -0.05) is 9.59 Å². The summed E-state index contributed by atoms with van der Waals surface area (Å²) in [6, 6.07) is 5.39. The quantitative estimate of drug-likeness (QED) is 0.734. The molecule has 80 valence electrons. The van der Waals surface area contributed by atoms with Crippen molar-refractivity contribution in [1.82, 2.24) is 14.8 Å². The zero-order valence-corrected chi connectivity index (χ0v) is 8.94. The normalized spacial score (nSPS) is 14.2. The number of amides is 1. The van der Waals surface area contributed by atoms with Crippen LogP contribution in [0, 0.1) is 0 Å². The van der Waals surface area contributed by atoms with E-state index in [9.17, 15) is 4.79 Å². The minimum Gasteiger partial charge on any atom is -0.399 e. The lowest BCUT2D eigenvalue weighted by Crippen LogP contribution is -2.20. The van der Waals surface area contributed by atoms with Crippen LogP contribution in [-0.4, -0.2) is 20.7 Å². The molecule has 2 heterocycles. The van der Waals surface area contributed by atoms with E-state index in [1.165, 1.54) is 4.90 Å². The molecule has 2 aromatic rings. The van der Waals surface area contributed by atoms with Crippen molar-refractivity contribution in [3.63, 3.8) is 0 Å². The van der Waals surface area contributed by atoms with Gasteiger partial charge in [-0.2, -0.15) is 0 Å². The van der Waals surface area contributed by atoms with Gasteiger partial charge < -0.3 is 5.73 Å². The van der Waals surface area contributed by atoms with Gasteiger partial charge in [0, 0.05) is 17.2 Å². The summed E-state index contributed by atoms with van der Waals surface area (Å²) in [4.78, 5) is 13.4. The zero-order valence-electron chi connectivity index (χ0n) is 8.12. The van der Waals surface area contributed by atoms with Gasteiger partial charge in [-0.05, 0) is 29.0 Å². The van der Waals surface area contributed by atoms with Crippen LogP contribution in [0.1, 0.15) is 5.56 Å². The predicted molar refractivity (Wildman–Crippen MR) is 59.4 cm³/mol. The molecule has 1 aromatic heterocycles. The van der Waals surface area contributed by atoms with E-state index in [0.29, 0.717) is 17.2 Å². The van der Waals surface area contributed by atoms with Gasteiger partial charge in [0.2, 0.25) is 11.0 Å². The van der Waals surface area contributed by atoms with Crippen LogP contribution >= 0.6 is 11.5 Å². The number of carbonyl (C=O) groups excluding carboxylic acids is 1. The SMILES string of the molecule is Nc1ccc2c(c1)CC(=O)N2c1nnns1. The van der Waals surface area contributed by atoms with Crippen LogP contribution in [0.2, 0.25) is 0 Å². The zero-order chi connectivity index (χ0) is 11.1. The first-order valence-corrected chi connectivity index (χ1v) is 5.39. The van der Waals surface area contributed by atoms with Crippen LogP contribution in [0.4, 0.5) is 16.5 Å². The fourth-order valence-electron chi connectivity index (χ4n) is 1.77. The van der Waals surface area contributed by atoms with Crippen molar-refractivity contribution < 1.29 is 4.79 Å². The molecule has 1 aliphatic rings. The molecule has 0 radical (unpaired) electrons. The number of aromatic nitrogens is 3. The minimum atomic E-state index is -0.0286. The third-order valence-electron chi connectivity index (χ3n) is 2.42. The second-order valence-electron chi connectivity index (χ2n) is 3.44. The lowest BCUT2D eigenvalue weighted by molar-refractivity contribution is -0.116. The van der Waals surface area contributed by atoms with Gasteiger partial charge in [0.15, 0.2) is 0 Å². The first-order valence-electron chi connectivity index (χ1n) is 4.62. The molecule has 0 spiro atoms. The molecule has 0 bridgehead atoms. The van der Waals surface area contributed by atoms with Crippen LogP contribution in [-0.2, 0) is 11.2 Å². The van der Waals surface area contributed by atoms with E-state index in [1.807, 2.05) is 12.1 Å². The number of benzene rings is 1. The summed E-state index contributed by atoms with van der Waals surface area (Å²) in [5.74, 6) is -0.0286. The van der Waals surface area contributed by atoms with E-state index < -0.39 is 0 Å². The van der Waals surface area contributed by atoms with Crippen LogP contribution in [0.5, 0.6) is 0 Å². The smallest absolute Gasteiger partial charge is 0.239 e. The Hall–Kier alpha value is -2.02. The Morgan fingerprint density at radius 1 is 1.44 bits per heavy atom. The maximum Gasteiger partial charge on any atom is 0.239 e. The highest BCUT2D eigenvalue weighted by Gasteiger charge is 2.30. The number of fused-ring (bicyclic) bond motifs is 1. The summed E-state index contributed by atoms with van der Waals surface area (Å²) in [6.45, 7) is 0. The molecule has 0 unspecified atom stereocenters.